The smallest absolute Gasteiger partial charge is 0.0861 e. The second-order valence-corrected chi connectivity index (χ2v) is 5.95. The number of halogens is 1. The number of ether oxygens (including phenoxy) is 1. The molecule has 1 aliphatic rings. The van der Waals surface area contributed by atoms with Crippen LogP contribution in [0.5, 0.6) is 0 Å². The third-order valence-corrected chi connectivity index (χ3v) is 4.49. The van der Waals surface area contributed by atoms with Crippen molar-refractivity contribution < 1.29 is 9.84 Å². The summed E-state index contributed by atoms with van der Waals surface area (Å²) in [6, 6.07) is 2.06. The number of aliphatic hydroxyl groups is 1. The monoisotopic (exact) mass is 290 g/mol. The summed E-state index contributed by atoms with van der Waals surface area (Å²) in [4.78, 5) is 1.21. The van der Waals surface area contributed by atoms with E-state index in [0.717, 1.165) is 4.47 Å². The quantitative estimate of drug-likeness (QED) is 0.904. The molecule has 1 aliphatic carbocycles. The topological polar surface area (TPSA) is 29.5 Å². The van der Waals surface area contributed by atoms with E-state index >= 15 is 0 Å². The molecule has 1 saturated carbocycles. The predicted octanol–water partition coefficient (Wildman–Crippen LogP) is 2.84. The molecule has 0 spiro atoms. The highest BCUT2D eigenvalue weighted by atomic mass is 79.9. The fourth-order valence-corrected chi connectivity index (χ4v) is 3.37. The van der Waals surface area contributed by atoms with Crippen LogP contribution in [0, 0.1) is 5.92 Å². The Morgan fingerprint density at radius 3 is 2.87 bits per heavy atom. The molecule has 2 nitrogen and oxygen atoms in total. The summed E-state index contributed by atoms with van der Waals surface area (Å²) in [6.45, 7) is 0. The van der Waals surface area contributed by atoms with Crippen LogP contribution in [0.25, 0.3) is 0 Å². The Kier molecular flexibility index (Phi) is 3.83. The van der Waals surface area contributed by atoms with Gasteiger partial charge in [-0.2, -0.15) is 0 Å². The molecule has 2 unspecified atom stereocenters. The van der Waals surface area contributed by atoms with Crippen LogP contribution >= 0.6 is 27.3 Å². The molecule has 2 atom stereocenters. The standard InChI is InChI=1S/C11H15BrO2S/c1-14-11(7-2-3-7)10(13)5-9-4-8(12)6-15-9/h4,6-7,10-11,13H,2-3,5H2,1H3. The summed E-state index contributed by atoms with van der Waals surface area (Å²) < 4.78 is 6.45. The summed E-state index contributed by atoms with van der Waals surface area (Å²) >= 11 is 5.09. The number of thiophene rings is 1. The Hall–Kier alpha value is 0.1000. The molecule has 0 aromatic carbocycles. The molecule has 1 N–H and O–H groups in total. The molecule has 15 heavy (non-hydrogen) atoms. The van der Waals surface area contributed by atoms with Gasteiger partial charge in [-0.05, 0) is 40.8 Å². The lowest BCUT2D eigenvalue weighted by Gasteiger charge is -2.20. The van der Waals surface area contributed by atoms with Crippen molar-refractivity contribution in [2.24, 2.45) is 5.92 Å². The molecule has 0 radical (unpaired) electrons. The maximum Gasteiger partial charge on any atom is 0.0861 e. The van der Waals surface area contributed by atoms with E-state index in [0.29, 0.717) is 12.3 Å². The van der Waals surface area contributed by atoms with Gasteiger partial charge in [0.05, 0.1) is 12.2 Å². The Bertz CT molecular complexity index is 322. The highest BCUT2D eigenvalue weighted by molar-refractivity contribution is 9.10. The van der Waals surface area contributed by atoms with Crippen molar-refractivity contribution in [3.8, 4) is 0 Å². The maximum absolute atomic E-state index is 10.0. The van der Waals surface area contributed by atoms with Crippen molar-refractivity contribution in [1.82, 2.24) is 0 Å². The van der Waals surface area contributed by atoms with Gasteiger partial charge in [-0.25, -0.2) is 0 Å². The lowest BCUT2D eigenvalue weighted by Crippen LogP contribution is -2.31. The first-order valence-corrected chi connectivity index (χ1v) is 6.81. The summed E-state index contributed by atoms with van der Waals surface area (Å²) in [6.07, 6.45) is 2.75. The summed E-state index contributed by atoms with van der Waals surface area (Å²) in [5.74, 6) is 0.577. The number of hydrogen-bond donors (Lipinski definition) is 1. The molecule has 0 amide bonds. The third-order valence-electron chi connectivity index (χ3n) is 2.77. The van der Waals surface area contributed by atoms with Crippen molar-refractivity contribution >= 4 is 27.3 Å². The van der Waals surface area contributed by atoms with Crippen LogP contribution in [0.2, 0.25) is 0 Å². The van der Waals surface area contributed by atoms with Crippen LogP contribution < -0.4 is 0 Å². The lowest BCUT2D eigenvalue weighted by molar-refractivity contribution is -0.0234. The minimum atomic E-state index is -0.368. The van der Waals surface area contributed by atoms with Crippen molar-refractivity contribution in [2.45, 2.75) is 31.5 Å². The minimum Gasteiger partial charge on any atom is -0.390 e. The average Bonchev–Trinajstić information content (AvgIpc) is 2.93. The zero-order chi connectivity index (χ0) is 10.8. The number of rotatable bonds is 5. The fourth-order valence-electron chi connectivity index (χ4n) is 1.87. The van der Waals surface area contributed by atoms with Crippen LogP contribution in [0.15, 0.2) is 15.9 Å². The number of methoxy groups -OCH3 is 1. The Balaban J connectivity index is 1.92. The van der Waals surface area contributed by atoms with Gasteiger partial charge in [0, 0.05) is 28.3 Å². The van der Waals surface area contributed by atoms with Gasteiger partial charge in [0.2, 0.25) is 0 Å². The highest BCUT2D eigenvalue weighted by Crippen LogP contribution is 2.36. The Morgan fingerprint density at radius 1 is 1.67 bits per heavy atom. The van der Waals surface area contributed by atoms with Crippen molar-refractivity contribution in [2.75, 3.05) is 7.11 Å². The van der Waals surface area contributed by atoms with E-state index in [1.807, 2.05) is 5.38 Å². The van der Waals surface area contributed by atoms with E-state index in [4.69, 9.17) is 4.74 Å². The van der Waals surface area contributed by atoms with Crippen LogP contribution in [0.1, 0.15) is 17.7 Å². The lowest BCUT2D eigenvalue weighted by atomic mass is 10.1. The van der Waals surface area contributed by atoms with Gasteiger partial charge in [-0.1, -0.05) is 0 Å². The molecule has 84 valence electrons. The van der Waals surface area contributed by atoms with Crippen molar-refractivity contribution in [3.05, 3.63) is 20.8 Å². The normalized spacial score (nSPS) is 20.2. The van der Waals surface area contributed by atoms with E-state index in [9.17, 15) is 5.11 Å². The largest absolute Gasteiger partial charge is 0.390 e. The first kappa shape index (κ1) is 11.6. The van der Waals surface area contributed by atoms with Crippen LogP contribution in [-0.2, 0) is 11.2 Å². The first-order chi connectivity index (χ1) is 7.20. The van der Waals surface area contributed by atoms with Gasteiger partial charge in [-0.15, -0.1) is 11.3 Å². The van der Waals surface area contributed by atoms with E-state index in [-0.39, 0.29) is 12.2 Å². The Morgan fingerprint density at radius 2 is 2.40 bits per heavy atom. The van der Waals surface area contributed by atoms with Crippen LogP contribution in [-0.4, -0.2) is 24.4 Å². The summed E-state index contributed by atoms with van der Waals surface area (Å²) in [7, 11) is 1.69. The highest BCUT2D eigenvalue weighted by Gasteiger charge is 2.36. The number of aliphatic hydroxyl groups excluding tert-OH is 1. The second kappa shape index (κ2) is 4.95. The summed E-state index contributed by atoms with van der Waals surface area (Å²) in [5, 5.41) is 12.1. The van der Waals surface area contributed by atoms with E-state index in [1.54, 1.807) is 18.4 Å². The maximum atomic E-state index is 10.0. The zero-order valence-corrected chi connectivity index (χ0v) is 11.1. The molecule has 1 aromatic rings. The molecular formula is C11H15BrO2S. The number of hydrogen-bond acceptors (Lipinski definition) is 3. The molecule has 4 heteroatoms. The van der Waals surface area contributed by atoms with Gasteiger partial charge in [-0.3, -0.25) is 0 Å². The van der Waals surface area contributed by atoms with Gasteiger partial charge in [0.15, 0.2) is 0 Å². The van der Waals surface area contributed by atoms with E-state index in [2.05, 4.69) is 22.0 Å². The van der Waals surface area contributed by atoms with Gasteiger partial charge < -0.3 is 9.84 Å². The average molecular weight is 291 g/mol. The van der Waals surface area contributed by atoms with Crippen molar-refractivity contribution in [1.29, 1.82) is 0 Å². The van der Waals surface area contributed by atoms with Gasteiger partial charge >= 0.3 is 0 Å². The van der Waals surface area contributed by atoms with Gasteiger partial charge in [0.25, 0.3) is 0 Å². The SMILES string of the molecule is COC(C(O)Cc1cc(Br)cs1)C1CC1. The summed E-state index contributed by atoms with van der Waals surface area (Å²) in [5.41, 5.74) is 0. The molecule has 0 bridgehead atoms. The van der Waals surface area contributed by atoms with Gasteiger partial charge in [0.1, 0.15) is 0 Å². The minimum absolute atomic E-state index is 0.0193. The Labute approximate surface area is 102 Å². The molecule has 2 rings (SSSR count). The molecule has 1 aromatic heterocycles. The molecular weight excluding hydrogens is 276 g/mol. The third kappa shape index (κ3) is 3.03. The molecule has 1 heterocycles. The second-order valence-electron chi connectivity index (χ2n) is 4.04. The van der Waals surface area contributed by atoms with Crippen LogP contribution in [0.3, 0.4) is 0 Å². The van der Waals surface area contributed by atoms with E-state index in [1.165, 1.54) is 17.7 Å². The fraction of sp³-hybridized carbons (Fsp3) is 0.636. The molecule has 1 fully saturated rings. The zero-order valence-electron chi connectivity index (χ0n) is 8.65. The van der Waals surface area contributed by atoms with Crippen molar-refractivity contribution in [3.63, 3.8) is 0 Å². The first-order valence-electron chi connectivity index (χ1n) is 5.14. The predicted molar refractivity (Wildman–Crippen MR) is 65.3 cm³/mol. The molecule has 0 aliphatic heterocycles. The van der Waals surface area contributed by atoms with E-state index < -0.39 is 0 Å². The molecule has 0 saturated heterocycles. The van der Waals surface area contributed by atoms with Crippen LogP contribution in [0.4, 0.5) is 0 Å².